The van der Waals surface area contributed by atoms with Crippen molar-refractivity contribution in [3.63, 3.8) is 0 Å². The summed E-state index contributed by atoms with van der Waals surface area (Å²) >= 11 is 2.66. The van der Waals surface area contributed by atoms with Gasteiger partial charge in [0.1, 0.15) is 0 Å². The summed E-state index contributed by atoms with van der Waals surface area (Å²) in [6, 6.07) is 0. The number of Topliss-reactive ketones (excluding diaryl/α,β-unsaturated/α-hetero) is 1. The Morgan fingerprint density at radius 2 is 2.08 bits per heavy atom. The molecule has 2 fully saturated rings. The van der Waals surface area contributed by atoms with Gasteiger partial charge in [-0.1, -0.05) is 0 Å². The number of rotatable bonds is 1. The summed E-state index contributed by atoms with van der Waals surface area (Å²) in [5.74, 6) is 1.32. The van der Waals surface area contributed by atoms with Crippen molar-refractivity contribution in [3.8, 4) is 0 Å². The van der Waals surface area contributed by atoms with Gasteiger partial charge >= 0.3 is 98.4 Å². The predicted molar refractivity (Wildman–Crippen MR) is 52.3 cm³/mol. The Bertz CT molecular complexity index is 264. The number of fused-ring (bicyclic) bond motifs is 2. The molecule has 0 saturated heterocycles. The van der Waals surface area contributed by atoms with E-state index >= 15 is 0 Å². The third-order valence-electron chi connectivity index (χ3n) is 4.84. The van der Waals surface area contributed by atoms with E-state index in [9.17, 15) is 4.79 Å². The summed E-state index contributed by atoms with van der Waals surface area (Å²) in [4.78, 5) is 12.2. The van der Waals surface area contributed by atoms with Gasteiger partial charge in [0.2, 0.25) is 0 Å². The Hall–Kier alpha value is 1.09. The summed E-state index contributed by atoms with van der Waals surface area (Å²) in [5, 5.41) is 0. The topological polar surface area (TPSA) is 17.1 Å². The zero-order valence-electron chi connectivity index (χ0n) is 8.56. The Kier molecular flexibility index (Phi) is 2.48. The van der Waals surface area contributed by atoms with Crippen LogP contribution in [-0.4, -0.2) is 5.78 Å². The molecule has 0 aromatic rings. The van der Waals surface area contributed by atoms with E-state index < -0.39 is 22.1 Å². The van der Waals surface area contributed by atoms with Crippen LogP contribution in [0.25, 0.3) is 0 Å². The van der Waals surface area contributed by atoms with Gasteiger partial charge in [-0.3, -0.25) is 0 Å². The molecule has 0 amide bonds. The van der Waals surface area contributed by atoms with E-state index in [4.69, 9.17) is 0 Å². The molecule has 2 aliphatic rings. The van der Waals surface area contributed by atoms with Crippen molar-refractivity contribution in [2.24, 2.45) is 16.7 Å². The van der Waals surface area contributed by atoms with Crippen molar-refractivity contribution in [2.75, 3.05) is 0 Å². The van der Waals surface area contributed by atoms with Crippen LogP contribution in [0.4, 0.5) is 0 Å². The molecule has 13 heavy (non-hydrogen) atoms. The van der Waals surface area contributed by atoms with Gasteiger partial charge in [0.25, 0.3) is 0 Å². The number of hydrogen-bond donors (Lipinski definition) is 0. The van der Waals surface area contributed by atoms with Crippen LogP contribution in [0.1, 0.15) is 33.6 Å². The fourth-order valence-corrected chi connectivity index (χ4v) is 16.3. The van der Waals surface area contributed by atoms with Gasteiger partial charge in [-0.25, -0.2) is 0 Å². The third kappa shape index (κ3) is 1.11. The van der Waals surface area contributed by atoms with E-state index in [1.807, 2.05) is 0 Å². The average Bonchev–Trinajstić information content (AvgIpc) is 2.36. The molecular weight excluding hydrogens is 417 g/mol. The summed E-state index contributed by atoms with van der Waals surface area (Å²) in [6.07, 6.45) is 2.44. The van der Waals surface area contributed by atoms with Crippen LogP contribution in [0.15, 0.2) is 0 Å². The van der Waals surface area contributed by atoms with E-state index in [1.54, 1.807) is 0 Å². The van der Waals surface area contributed by atoms with Gasteiger partial charge in [0.15, 0.2) is 0 Å². The normalized spacial score (nSPS) is 46.6. The minimum atomic E-state index is -1.04. The SMILES string of the molecule is CC1(C)[C@@H]2CC[C@@]1(C)C(=O)[CH]2[Hg][Br]. The zero-order valence-corrected chi connectivity index (χ0v) is 15.6. The summed E-state index contributed by atoms with van der Waals surface area (Å²) in [7, 11) is 0. The standard InChI is InChI=1S/C10H15O.BrH.Hg/c1-9(2)7-4-5-10(9,3)8(11)6-7;;/h6-7H,4-5H2,1-3H3;1H;/q;;+1/p-1/t7-,10+;;/m1../s1. The average molecular weight is 432 g/mol. The predicted octanol–water partition coefficient (Wildman–Crippen LogP) is 3.19. The van der Waals surface area contributed by atoms with Crippen molar-refractivity contribution in [3.05, 3.63) is 0 Å². The summed E-state index contributed by atoms with van der Waals surface area (Å²) < 4.78 is 0.508. The van der Waals surface area contributed by atoms with Crippen LogP contribution in [0.3, 0.4) is 0 Å². The molecule has 2 saturated carbocycles. The van der Waals surface area contributed by atoms with Crippen molar-refractivity contribution < 1.29 is 26.9 Å². The van der Waals surface area contributed by atoms with Crippen LogP contribution in [-0.2, 0) is 26.9 Å². The molecule has 1 nitrogen and oxygen atoms in total. The second kappa shape index (κ2) is 3.04. The van der Waals surface area contributed by atoms with Gasteiger partial charge in [0, 0.05) is 0 Å². The first-order chi connectivity index (χ1) is 5.95. The fraction of sp³-hybridized carbons (Fsp3) is 0.900. The van der Waals surface area contributed by atoms with Crippen molar-refractivity contribution in [1.82, 2.24) is 0 Å². The number of ketones is 1. The quantitative estimate of drug-likeness (QED) is 0.583. The molecule has 0 aromatic carbocycles. The molecule has 0 N–H and O–H groups in total. The Morgan fingerprint density at radius 3 is 2.38 bits per heavy atom. The van der Waals surface area contributed by atoms with E-state index in [2.05, 4.69) is 32.7 Å². The molecular formula is C10H15BrHgO. The Labute approximate surface area is 97.7 Å². The number of hydrogen-bond acceptors (Lipinski definition) is 1. The molecule has 3 atom stereocenters. The second-order valence-electron chi connectivity index (χ2n) is 5.32. The number of carbonyl (C=O) groups is 1. The van der Waals surface area contributed by atoms with Crippen LogP contribution in [0, 0.1) is 16.7 Å². The second-order valence-corrected chi connectivity index (χ2v) is 15.6. The zero-order chi connectivity index (χ0) is 9.85. The van der Waals surface area contributed by atoms with Crippen LogP contribution in [0.5, 0.6) is 0 Å². The van der Waals surface area contributed by atoms with Crippen molar-refractivity contribution >= 4 is 17.7 Å². The van der Waals surface area contributed by atoms with Crippen LogP contribution in [0.2, 0.25) is 3.43 Å². The van der Waals surface area contributed by atoms with Gasteiger partial charge < -0.3 is 0 Å². The minimum absolute atomic E-state index is 0.0239. The summed E-state index contributed by atoms with van der Waals surface area (Å²) in [5.41, 5.74) is 0.304. The van der Waals surface area contributed by atoms with Gasteiger partial charge in [0.05, 0.1) is 0 Å². The molecule has 1 unspecified atom stereocenters. The van der Waals surface area contributed by atoms with Crippen molar-refractivity contribution in [2.45, 2.75) is 37.0 Å². The van der Waals surface area contributed by atoms with Crippen molar-refractivity contribution in [1.29, 1.82) is 0 Å². The monoisotopic (exact) mass is 432 g/mol. The van der Waals surface area contributed by atoms with Gasteiger partial charge in [-0.2, -0.15) is 0 Å². The molecule has 70 valence electrons. The maximum atomic E-state index is 12.2. The van der Waals surface area contributed by atoms with E-state index in [-0.39, 0.29) is 10.8 Å². The van der Waals surface area contributed by atoms with E-state index in [0.29, 0.717) is 15.1 Å². The van der Waals surface area contributed by atoms with Gasteiger partial charge in [-0.15, -0.1) is 0 Å². The fourth-order valence-electron chi connectivity index (χ4n) is 3.45. The molecule has 2 rings (SSSR count). The maximum absolute atomic E-state index is 12.2. The Morgan fingerprint density at radius 1 is 1.46 bits per heavy atom. The molecule has 0 spiro atoms. The molecule has 0 heterocycles. The van der Waals surface area contributed by atoms with Crippen LogP contribution < -0.4 is 0 Å². The van der Waals surface area contributed by atoms with E-state index in [0.717, 1.165) is 6.42 Å². The Balaban J connectivity index is 2.44. The third-order valence-corrected chi connectivity index (χ3v) is 15.9. The first-order valence-electron chi connectivity index (χ1n) is 5.05. The van der Waals surface area contributed by atoms with Crippen LogP contribution >= 0.6 is 11.9 Å². The molecule has 2 aliphatic carbocycles. The summed E-state index contributed by atoms with van der Waals surface area (Å²) in [6.45, 7) is 6.81. The van der Waals surface area contributed by atoms with Gasteiger partial charge in [-0.05, 0) is 0 Å². The molecule has 3 heteroatoms. The molecule has 0 aromatic heterocycles. The van der Waals surface area contributed by atoms with E-state index in [1.165, 1.54) is 6.42 Å². The first kappa shape index (κ1) is 10.6. The first-order valence-corrected chi connectivity index (χ1v) is 20.1. The molecule has 0 aliphatic heterocycles. The number of carbonyl (C=O) groups excluding carboxylic acids is 1. The number of halogens is 1. The molecule has 2 bridgehead atoms. The molecule has 0 radical (unpaired) electrons.